The number of hydrogen-bond acceptors (Lipinski definition) is 1. The molecule has 0 amide bonds. The Morgan fingerprint density at radius 2 is 1.94 bits per heavy atom. The zero-order valence-corrected chi connectivity index (χ0v) is 11.2. The highest BCUT2D eigenvalue weighted by Crippen LogP contribution is 2.23. The Morgan fingerprint density at radius 3 is 2.65 bits per heavy atom. The SMILES string of the molecule is C=CCCCCCNc1cc(Br)c(F)cc1F. The van der Waals surface area contributed by atoms with Crippen molar-refractivity contribution in [3.63, 3.8) is 0 Å². The summed E-state index contributed by atoms with van der Waals surface area (Å²) in [4.78, 5) is 0. The number of anilines is 1. The van der Waals surface area contributed by atoms with Gasteiger partial charge in [0.25, 0.3) is 0 Å². The molecular formula is C13H16BrF2N. The first-order valence-electron chi connectivity index (χ1n) is 5.64. The molecule has 1 aromatic carbocycles. The molecule has 0 saturated heterocycles. The van der Waals surface area contributed by atoms with Gasteiger partial charge in [0.1, 0.15) is 11.6 Å². The van der Waals surface area contributed by atoms with Gasteiger partial charge in [-0.2, -0.15) is 0 Å². The third-order valence-electron chi connectivity index (χ3n) is 2.41. The molecule has 17 heavy (non-hydrogen) atoms. The van der Waals surface area contributed by atoms with Crippen molar-refractivity contribution in [1.29, 1.82) is 0 Å². The second kappa shape index (κ2) is 7.43. The lowest BCUT2D eigenvalue weighted by molar-refractivity contribution is 0.580. The van der Waals surface area contributed by atoms with Gasteiger partial charge in [-0.05, 0) is 41.3 Å². The lowest BCUT2D eigenvalue weighted by Gasteiger charge is -2.08. The monoisotopic (exact) mass is 303 g/mol. The van der Waals surface area contributed by atoms with Crippen molar-refractivity contribution >= 4 is 21.6 Å². The first kappa shape index (κ1) is 14.2. The highest BCUT2D eigenvalue weighted by molar-refractivity contribution is 9.10. The van der Waals surface area contributed by atoms with Crippen LogP contribution in [0.2, 0.25) is 0 Å². The van der Waals surface area contributed by atoms with Gasteiger partial charge in [-0.3, -0.25) is 0 Å². The maximum atomic E-state index is 13.3. The molecule has 0 saturated carbocycles. The third kappa shape index (κ3) is 4.86. The Hall–Kier alpha value is -0.900. The molecule has 1 aromatic rings. The van der Waals surface area contributed by atoms with E-state index in [1.165, 1.54) is 6.07 Å². The Labute approximate surface area is 109 Å². The molecule has 1 nitrogen and oxygen atoms in total. The van der Waals surface area contributed by atoms with Crippen molar-refractivity contribution in [2.75, 3.05) is 11.9 Å². The van der Waals surface area contributed by atoms with Crippen LogP contribution in [-0.4, -0.2) is 6.54 Å². The van der Waals surface area contributed by atoms with Crippen molar-refractivity contribution in [1.82, 2.24) is 0 Å². The van der Waals surface area contributed by atoms with E-state index in [9.17, 15) is 8.78 Å². The van der Waals surface area contributed by atoms with Gasteiger partial charge in [-0.15, -0.1) is 6.58 Å². The van der Waals surface area contributed by atoms with Crippen LogP contribution in [-0.2, 0) is 0 Å². The van der Waals surface area contributed by atoms with E-state index >= 15 is 0 Å². The summed E-state index contributed by atoms with van der Waals surface area (Å²) >= 11 is 3.03. The van der Waals surface area contributed by atoms with E-state index in [1.807, 2.05) is 6.08 Å². The summed E-state index contributed by atoms with van der Waals surface area (Å²) in [6.45, 7) is 4.34. The van der Waals surface area contributed by atoms with Crippen LogP contribution in [0, 0.1) is 11.6 Å². The molecule has 94 valence electrons. The predicted molar refractivity (Wildman–Crippen MR) is 71.2 cm³/mol. The molecule has 0 bridgehead atoms. The molecular weight excluding hydrogens is 288 g/mol. The lowest BCUT2D eigenvalue weighted by atomic mass is 10.2. The molecule has 0 aliphatic rings. The number of rotatable bonds is 7. The molecule has 1 rings (SSSR count). The second-order valence-electron chi connectivity index (χ2n) is 3.81. The summed E-state index contributed by atoms with van der Waals surface area (Å²) in [5, 5.41) is 2.96. The van der Waals surface area contributed by atoms with Crippen molar-refractivity contribution < 1.29 is 8.78 Å². The number of benzene rings is 1. The number of unbranched alkanes of at least 4 members (excludes halogenated alkanes) is 3. The lowest BCUT2D eigenvalue weighted by Crippen LogP contribution is -2.04. The average Bonchev–Trinajstić information content (AvgIpc) is 2.30. The Morgan fingerprint density at radius 1 is 1.18 bits per heavy atom. The highest BCUT2D eigenvalue weighted by atomic mass is 79.9. The predicted octanol–water partition coefficient (Wildman–Crippen LogP) is 4.89. The standard InChI is InChI=1S/C13H16BrF2N/c1-2-3-4-5-6-7-17-13-8-10(14)11(15)9-12(13)16/h2,8-9,17H,1,3-7H2. The largest absolute Gasteiger partial charge is 0.383 e. The van der Waals surface area contributed by atoms with Crippen LogP contribution < -0.4 is 5.32 Å². The van der Waals surface area contributed by atoms with Gasteiger partial charge in [0.2, 0.25) is 0 Å². The number of hydrogen-bond donors (Lipinski definition) is 1. The number of nitrogens with one attached hydrogen (secondary N) is 1. The molecule has 0 heterocycles. The van der Waals surface area contributed by atoms with Crippen molar-refractivity contribution in [3.05, 3.63) is 40.9 Å². The normalized spacial score (nSPS) is 10.3. The molecule has 0 fully saturated rings. The number of halogens is 3. The summed E-state index contributed by atoms with van der Waals surface area (Å²) in [6.07, 6.45) is 6.03. The Bertz CT molecular complexity index is 380. The Balaban J connectivity index is 2.36. The molecule has 0 atom stereocenters. The maximum Gasteiger partial charge on any atom is 0.149 e. The van der Waals surface area contributed by atoms with Gasteiger partial charge in [0.15, 0.2) is 0 Å². The number of allylic oxidation sites excluding steroid dienone is 1. The summed E-state index contributed by atoms with van der Waals surface area (Å²) in [5.74, 6) is -1.14. The van der Waals surface area contributed by atoms with Gasteiger partial charge < -0.3 is 5.32 Å². The summed E-state index contributed by atoms with van der Waals surface area (Å²) < 4.78 is 26.6. The highest BCUT2D eigenvalue weighted by Gasteiger charge is 2.07. The molecule has 0 unspecified atom stereocenters. The zero-order chi connectivity index (χ0) is 12.7. The molecule has 4 heteroatoms. The smallest absolute Gasteiger partial charge is 0.149 e. The van der Waals surface area contributed by atoms with Gasteiger partial charge in [0.05, 0.1) is 10.2 Å². The summed E-state index contributed by atoms with van der Waals surface area (Å²) in [6, 6.07) is 2.30. The van der Waals surface area contributed by atoms with E-state index in [0.717, 1.165) is 31.7 Å². The van der Waals surface area contributed by atoms with Crippen LogP contribution in [0.15, 0.2) is 29.3 Å². The minimum absolute atomic E-state index is 0.271. The average molecular weight is 304 g/mol. The van der Waals surface area contributed by atoms with E-state index in [1.54, 1.807) is 0 Å². The topological polar surface area (TPSA) is 12.0 Å². The summed E-state index contributed by atoms with van der Waals surface area (Å²) in [7, 11) is 0. The van der Waals surface area contributed by atoms with Crippen molar-refractivity contribution in [2.24, 2.45) is 0 Å². The van der Waals surface area contributed by atoms with E-state index < -0.39 is 11.6 Å². The van der Waals surface area contributed by atoms with Crippen LogP contribution >= 0.6 is 15.9 Å². The van der Waals surface area contributed by atoms with Crippen molar-refractivity contribution in [2.45, 2.75) is 25.7 Å². The van der Waals surface area contributed by atoms with Crippen LogP contribution in [0.25, 0.3) is 0 Å². The third-order valence-corrected chi connectivity index (χ3v) is 3.02. The second-order valence-corrected chi connectivity index (χ2v) is 4.67. The van der Waals surface area contributed by atoms with Crippen molar-refractivity contribution in [3.8, 4) is 0 Å². The van der Waals surface area contributed by atoms with Gasteiger partial charge in [-0.25, -0.2) is 8.78 Å². The molecule has 1 N–H and O–H groups in total. The van der Waals surface area contributed by atoms with Crippen LogP contribution in [0.3, 0.4) is 0 Å². The van der Waals surface area contributed by atoms with Gasteiger partial charge >= 0.3 is 0 Å². The molecule has 0 aliphatic heterocycles. The first-order chi connectivity index (χ1) is 8.15. The van der Waals surface area contributed by atoms with Gasteiger partial charge in [0, 0.05) is 12.6 Å². The first-order valence-corrected chi connectivity index (χ1v) is 6.43. The minimum atomic E-state index is -0.584. The maximum absolute atomic E-state index is 13.3. The van der Waals surface area contributed by atoms with E-state index in [2.05, 4.69) is 27.8 Å². The van der Waals surface area contributed by atoms with E-state index in [4.69, 9.17) is 0 Å². The van der Waals surface area contributed by atoms with Crippen LogP contribution in [0.1, 0.15) is 25.7 Å². The van der Waals surface area contributed by atoms with Gasteiger partial charge in [-0.1, -0.05) is 12.5 Å². The molecule has 0 radical (unpaired) electrons. The van der Waals surface area contributed by atoms with E-state index in [-0.39, 0.29) is 4.47 Å². The Kier molecular flexibility index (Phi) is 6.19. The molecule has 0 aliphatic carbocycles. The fraction of sp³-hybridized carbons (Fsp3) is 0.385. The fourth-order valence-electron chi connectivity index (χ4n) is 1.47. The minimum Gasteiger partial charge on any atom is -0.383 e. The van der Waals surface area contributed by atoms with Crippen LogP contribution in [0.4, 0.5) is 14.5 Å². The molecule has 0 spiro atoms. The van der Waals surface area contributed by atoms with Crippen LogP contribution in [0.5, 0.6) is 0 Å². The van der Waals surface area contributed by atoms with E-state index in [0.29, 0.717) is 12.2 Å². The quantitative estimate of drug-likeness (QED) is 0.430. The zero-order valence-electron chi connectivity index (χ0n) is 9.61. The summed E-state index contributed by atoms with van der Waals surface area (Å²) in [5.41, 5.74) is 0.335. The molecule has 0 aromatic heterocycles. The fourth-order valence-corrected chi connectivity index (χ4v) is 1.81.